The highest BCUT2D eigenvalue weighted by Crippen LogP contribution is 2.31. The fourth-order valence-corrected chi connectivity index (χ4v) is 5.57. The molecule has 1 aliphatic heterocycles. The first-order valence-corrected chi connectivity index (χ1v) is 9.08. The van der Waals surface area contributed by atoms with Crippen molar-refractivity contribution >= 4 is 37.3 Å². The van der Waals surface area contributed by atoms with Gasteiger partial charge in [0.1, 0.15) is 4.90 Å². The summed E-state index contributed by atoms with van der Waals surface area (Å²) in [6.07, 6.45) is 1.77. The molecule has 0 atom stereocenters. The molecule has 1 aromatic heterocycles. The van der Waals surface area contributed by atoms with E-state index in [1.807, 2.05) is 0 Å². The summed E-state index contributed by atoms with van der Waals surface area (Å²) in [5.74, 6) is 0.332. The van der Waals surface area contributed by atoms with Gasteiger partial charge in [0.2, 0.25) is 10.0 Å². The molecule has 0 aliphatic carbocycles. The van der Waals surface area contributed by atoms with Crippen LogP contribution in [-0.4, -0.2) is 33.3 Å². The van der Waals surface area contributed by atoms with E-state index in [0.29, 0.717) is 34.3 Å². The lowest BCUT2D eigenvalue weighted by Crippen LogP contribution is -2.32. The average Bonchev–Trinajstić information content (AvgIpc) is 2.80. The van der Waals surface area contributed by atoms with Crippen molar-refractivity contribution in [3.63, 3.8) is 0 Å². The second kappa shape index (κ2) is 6.64. The summed E-state index contributed by atoms with van der Waals surface area (Å²) in [6, 6.07) is 1.50. The lowest BCUT2D eigenvalue weighted by Gasteiger charge is -2.22. The number of thiophene rings is 1. The average molecular weight is 370 g/mol. The second-order valence-corrected chi connectivity index (χ2v) is 8.61. The summed E-state index contributed by atoms with van der Waals surface area (Å²) < 4.78 is 32.8. The number of nitrogens with one attached hydrogen (secondary N) is 1. The van der Waals surface area contributed by atoms with E-state index in [2.05, 4.69) is 20.7 Å². The molecule has 1 saturated heterocycles. The molecular formula is C11H16BrNO4S2. The zero-order chi connectivity index (χ0) is 13.9. The number of hydrogen-bond acceptors (Lipinski definition) is 5. The first-order chi connectivity index (χ1) is 9.03. The van der Waals surface area contributed by atoms with Gasteiger partial charge in [-0.3, -0.25) is 0 Å². The molecule has 1 aromatic rings. The fourth-order valence-electron chi connectivity index (χ4n) is 1.91. The van der Waals surface area contributed by atoms with Crippen LogP contribution in [0.2, 0.25) is 0 Å². The third-order valence-corrected chi connectivity index (χ3v) is 6.72. The van der Waals surface area contributed by atoms with Gasteiger partial charge in [0.15, 0.2) is 0 Å². The number of aliphatic hydroxyl groups excluding tert-OH is 1. The van der Waals surface area contributed by atoms with Crippen LogP contribution >= 0.6 is 27.3 Å². The van der Waals surface area contributed by atoms with Gasteiger partial charge >= 0.3 is 0 Å². The minimum atomic E-state index is -3.52. The molecular weight excluding hydrogens is 354 g/mol. The number of halogens is 1. The molecule has 0 amide bonds. The Bertz CT molecular complexity index is 523. The summed E-state index contributed by atoms with van der Waals surface area (Å²) in [6.45, 7) is 1.67. The van der Waals surface area contributed by atoms with E-state index in [1.54, 1.807) is 0 Å². The van der Waals surface area contributed by atoms with Crippen molar-refractivity contribution in [3.05, 3.63) is 14.7 Å². The summed E-state index contributed by atoms with van der Waals surface area (Å²) in [4.78, 5) is 0.826. The highest BCUT2D eigenvalue weighted by atomic mass is 79.9. The molecule has 2 N–H and O–H groups in total. The van der Waals surface area contributed by atoms with Gasteiger partial charge in [-0.15, -0.1) is 11.3 Å². The molecule has 2 heterocycles. The van der Waals surface area contributed by atoms with E-state index in [0.717, 1.165) is 12.8 Å². The SMILES string of the molecule is O=S(=O)(NCC1CCOCC1)c1cc(CO)sc1Br. The van der Waals surface area contributed by atoms with Crippen LogP contribution in [0.3, 0.4) is 0 Å². The van der Waals surface area contributed by atoms with Gasteiger partial charge in [-0.1, -0.05) is 0 Å². The second-order valence-electron chi connectivity index (χ2n) is 4.42. The maximum Gasteiger partial charge on any atom is 0.242 e. The van der Waals surface area contributed by atoms with Gasteiger partial charge in [0, 0.05) is 24.6 Å². The van der Waals surface area contributed by atoms with Crippen LogP contribution in [0, 0.1) is 5.92 Å². The predicted octanol–water partition coefficient (Wildman–Crippen LogP) is 1.71. The molecule has 0 bridgehead atoms. The summed E-state index contributed by atoms with van der Waals surface area (Å²) in [5, 5.41) is 9.04. The van der Waals surface area contributed by atoms with Crippen molar-refractivity contribution in [2.24, 2.45) is 5.92 Å². The molecule has 19 heavy (non-hydrogen) atoms. The molecule has 1 aliphatic rings. The maximum atomic E-state index is 12.2. The normalized spacial score (nSPS) is 17.8. The van der Waals surface area contributed by atoms with Crippen LogP contribution in [0.4, 0.5) is 0 Å². The zero-order valence-corrected chi connectivity index (χ0v) is 13.5. The number of rotatable bonds is 5. The molecule has 0 aromatic carbocycles. The predicted molar refractivity (Wildman–Crippen MR) is 76.7 cm³/mol. The van der Waals surface area contributed by atoms with Crippen LogP contribution in [0.1, 0.15) is 17.7 Å². The van der Waals surface area contributed by atoms with Gasteiger partial charge in [0.25, 0.3) is 0 Å². The molecule has 0 radical (unpaired) electrons. The van der Waals surface area contributed by atoms with E-state index in [4.69, 9.17) is 9.84 Å². The lowest BCUT2D eigenvalue weighted by atomic mass is 10.0. The quantitative estimate of drug-likeness (QED) is 0.828. The number of hydrogen-bond donors (Lipinski definition) is 2. The summed E-state index contributed by atoms with van der Waals surface area (Å²) >= 11 is 4.46. The van der Waals surface area contributed by atoms with Gasteiger partial charge < -0.3 is 9.84 Å². The van der Waals surface area contributed by atoms with Crippen LogP contribution < -0.4 is 4.72 Å². The highest BCUT2D eigenvalue weighted by Gasteiger charge is 2.23. The number of aliphatic hydroxyl groups is 1. The molecule has 8 heteroatoms. The van der Waals surface area contributed by atoms with Gasteiger partial charge in [-0.05, 0) is 40.8 Å². The fraction of sp³-hybridized carbons (Fsp3) is 0.636. The maximum absolute atomic E-state index is 12.2. The first kappa shape index (κ1) is 15.4. The Balaban J connectivity index is 2.02. The van der Waals surface area contributed by atoms with E-state index in [1.165, 1.54) is 17.4 Å². The van der Waals surface area contributed by atoms with Gasteiger partial charge in [-0.2, -0.15) is 0 Å². The summed E-state index contributed by atoms with van der Waals surface area (Å²) in [5.41, 5.74) is 0. The Labute approximate surface area is 125 Å². The molecule has 2 rings (SSSR count). The Morgan fingerprint density at radius 3 is 2.74 bits per heavy atom. The minimum absolute atomic E-state index is 0.154. The zero-order valence-electron chi connectivity index (χ0n) is 10.3. The number of sulfonamides is 1. The molecule has 0 unspecified atom stereocenters. The minimum Gasteiger partial charge on any atom is -0.391 e. The van der Waals surface area contributed by atoms with E-state index in [-0.39, 0.29) is 11.5 Å². The molecule has 5 nitrogen and oxygen atoms in total. The van der Waals surface area contributed by atoms with E-state index < -0.39 is 10.0 Å². The van der Waals surface area contributed by atoms with Crippen molar-refractivity contribution in [1.29, 1.82) is 0 Å². The lowest BCUT2D eigenvalue weighted by molar-refractivity contribution is 0.0678. The van der Waals surface area contributed by atoms with Crippen LogP contribution in [0.25, 0.3) is 0 Å². The summed E-state index contributed by atoms with van der Waals surface area (Å²) in [7, 11) is -3.52. The van der Waals surface area contributed by atoms with Crippen molar-refractivity contribution in [3.8, 4) is 0 Å². The Morgan fingerprint density at radius 2 is 2.16 bits per heavy atom. The van der Waals surface area contributed by atoms with Crippen LogP contribution in [-0.2, 0) is 21.4 Å². The molecule has 108 valence electrons. The third-order valence-electron chi connectivity index (χ3n) is 3.05. The first-order valence-electron chi connectivity index (χ1n) is 5.99. The Hall–Kier alpha value is 0.01000. The van der Waals surface area contributed by atoms with E-state index in [9.17, 15) is 8.42 Å². The van der Waals surface area contributed by atoms with Crippen LogP contribution in [0.5, 0.6) is 0 Å². The Morgan fingerprint density at radius 1 is 1.47 bits per heavy atom. The van der Waals surface area contributed by atoms with E-state index >= 15 is 0 Å². The molecule has 0 spiro atoms. The van der Waals surface area contributed by atoms with Gasteiger partial charge in [0.05, 0.1) is 10.4 Å². The topological polar surface area (TPSA) is 75.6 Å². The van der Waals surface area contributed by atoms with Crippen molar-refractivity contribution < 1.29 is 18.3 Å². The highest BCUT2D eigenvalue weighted by molar-refractivity contribution is 9.11. The number of ether oxygens (including phenoxy) is 1. The van der Waals surface area contributed by atoms with Crippen LogP contribution in [0.15, 0.2) is 14.7 Å². The Kier molecular flexibility index (Phi) is 5.38. The third kappa shape index (κ3) is 3.99. The van der Waals surface area contributed by atoms with Crippen molar-refractivity contribution in [2.45, 2.75) is 24.3 Å². The van der Waals surface area contributed by atoms with Crippen molar-refractivity contribution in [2.75, 3.05) is 19.8 Å². The van der Waals surface area contributed by atoms with Crippen molar-refractivity contribution in [1.82, 2.24) is 4.72 Å². The largest absolute Gasteiger partial charge is 0.391 e. The smallest absolute Gasteiger partial charge is 0.242 e. The molecule has 1 fully saturated rings. The molecule has 0 saturated carbocycles. The monoisotopic (exact) mass is 369 g/mol. The standard InChI is InChI=1S/C11H16BrNO4S2/c12-11-10(5-9(7-14)18-11)19(15,16)13-6-8-1-3-17-4-2-8/h5,8,13-14H,1-4,6-7H2. The van der Waals surface area contributed by atoms with Gasteiger partial charge in [-0.25, -0.2) is 13.1 Å².